The standard InChI is InChI=1S/C22H25N5O/c1-14-22(28)26-18-6-3-7-20(21(18)25-14)27-10-4-5-16-11-15(8-9-19(16)27)17(12-23)13-24-2/h3,6-9,11-14,25H,4-5,10,23H2,1-2H3,(H,26,28)/t14-/m1/s1. The van der Waals surface area contributed by atoms with Gasteiger partial charge in [0.25, 0.3) is 0 Å². The summed E-state index contributed by atoms with van der Waals surface area (Å²) in [5.74, 6) is -0.00738. The third-order valence-electron chi connectivity index (χ3n) is 5.32. The Morgan fingerprint density at radius 3 is 2.93 bits per heavy atom. The molecule has 0 fully saturated rings. The molecule has 0 spiro atoms. The highest BCUT2D eigenvalue weighted by Gasteiger charge is 2.27. The fraction of sp³-hybridized carbons (Fsp3) is 0.273. The fourth-order valence-electron chi connectivity index (χ4n) is 3.92. The van der Waals surface area contributed by atoms with Crippen LogP contribution in [0.15, 0.2) is 47.6 Å². The second-order valence-electron chi connectivity index (χ2n) is 7.16. The van der Waals surface area contributed by atoms with Crippen molar-refractivity contribution in [2.24, 2.45) is 10.7 Å². The molecule has 6 heteroatoms. The van der Waals surface area contributed by atoms with Crippen molar-refractivity contribution in [3.8, 4) is 0 Å². The van der Waals surface area contributed by atoms with Crippen LogP contribution in [-0.4, -0.2) is 31.8 Å². The maximum Gasteiger partial charge on any atom is 0.246 e. The van der Waals surface area contributed by atoms with Gasteiger partial charge in [0.05, 0.1) is 17.1 Å². The van der Waals surface area contributed by atoms with E-state index in [1.54, 1.807) is 19.5 Å². The van der Waals surface area contributed by atoms with Gasteiger partial charge in [-0.25, -0.2) is 0 Å². The lowest BCUT2D eigenvalue weighted by Crippen LogP contribution is -2.37. The Morgan fingerprint density at radius 2 is 2.14 bits per heavy atom. The molecule has 0 unspecified atom stereocenters. The largest absolute Gasteiger partial charge is 0.404 e. The van der Waals surface area contributed by atoms with E-state index in [2.05, 4.69) is 44.8 Å². The molecule has 4 rings (SSSR count). The summed E-state index contributed by atoms with van der Waals surface area (Å²) in [7, 11) is 1.75. The molecule has 1 amide bonds. The minimum atomic E-state index is -0.258. The van der Waals surface area contributed by atoms with E-state index in [0.717, 1.165) is 47.6 Å². The number of para-hydroxylation sites is 1. The van der Waals surface area contributed by atoms with Crippen molar-refractivity contribution in [2.75, 3.05) is 29.1 Å². The van der Waals surface area contributed by atoms with Gasteiger partial charge in [0, 0.05) is 37.3 Å². The summed E-state index contributed by atoms with van der Waals surface area (Å²) in [5, 5.41) is 6.36. The van der Waals surface area contributed by atoms with E-state index in [9.17, 15) is 4.79 Å². The highest BCUT2D eigenvalue weighted by atomic mass is 16.2. The number of aliphatic imine (C=N–C) groups is 1. The van der Waals surface area contributed by atoms with Gasteiger partial charge in [0.15, 0.2) is 0 Å². The van der Waals surface area contributed by atoms with Crippen LogP contribution < -0.4 is 21.3 Å². The first-order valence-electron chi connectivity index (χ1n) is 9.57. The molecule has 2 heterocycles. The van der Waals surface area contributed by atoms with E-state index in [1.165, 1.54) is 11.3 Å². The molecule has 0 aromatic heterocycles. The molecule has 0 saturated heterocycles. The summed E-state index contributed by atoms with van der Waals surface area (Å²) < 4.78 is 0. The van der Waals surface area contributed by atoms with Gasteiger partial charge in [0.1, 0.15) is 6.04 Å². The van der Waals surface area contributed by atoms with Gasteiger partial charge < -0.3 is 21.3 Å². The van der Waals surface area contributed by atoms with Gasteiger partial charge in [-0.15, -0.1) is 0 Å². The lowest BCUT2D eigenvalue weighted by molar-refractivity contribution is -0.116. The number of aryl methyl sites for hydroxylation is 1. The fourth-order valence-corrected chi connectivity index (χ4v) is 3.92. The number of benzene rings is 2. The van der Waals surface area contributed by atoms with Crippen molar-refractivity contribution in [2.45, 2.75) is 25.8 Å². The van der Waals surface area contributed by atoms with E-state index < -0.39 is 0 Å². The Hall–Kier alpha value is -3.28. The molecule has 1 atom stereocenters. The van der Waals surface area contributed by atoms with Crippen molar-refractivity contribution in [3.05, 3.63) is 53.7 Å². The number of nitrogens with one attached hydrogen (secondary N) is 2. The summed E-state index contributed by atoms with van der Waals surface area (Å²) in [6.07, 6.45) is 5.46. The molecule has 2 aliphatic rings. The van der Waals surface area contributed by atoms with Crippen LogP contribution in [-0.2, 0) is 11.2 Å². The third-order valence-corrected chi connectivity index (χ3v) is 5.32. The van der Waals surface area contributed by atoms with Crippen LogP contribution in [0.4, 0.5) is 22.7 Å². The maximum atomic E-state index is 12.0. The summed E-state index contributed by atoms with van der Waals surface area (Å²) in [6, 6.07) is 12.2. The summed E-state index contributed by atoms with van der Waals surface area (Å²) in [6.45, 7) is 2.81. The molecule has 4 N–H and O–H groups in total. The lowest BCUT2D eigenvalue weighted by Gasteiger charge is -2.35. The number of nitrogens with zero attached hydrogens (tertiary/aromatic N) is 2. The average molecular weight is 375 g/mol. The van der Waals surface area contributed by atoms with Crippen molar-refractivity contribution in [1.29, 1.82) is 0 Å². The van der Waals surface area contributed by atoms with E-state index in [1.807, 2.05) is 19.1 Å². The Morgan fingerprint density at radius 1 is 1.29 bits per heavy atom. The van der Waals surface area contributed by atoms with Gasteiger partial charge in [-0.05, 0) is 55.2 Å². The number of allylic oxidation sites excluding steroid dienone is 1. The molecule has 2 aromatic rings. The topological polar surface area (TPSA) is 82.8 Å². The zero-order valence-corrected chi connectivity index (χ0v) is 16.2. The monoisotopic (exact) mass is 375 g/mol. The number of hydrogen-bond donors (Lipinski definition) is 3. The number of carbonyl (C=O) groups is 1. The van der Waals surface area contributed by atoms with Crippen LogP contribution >= 0.6 is 0 Å². The SMILES string of the molecule is CN=CC(=CN)c1ccc2c(c1)CCCN2c1cccc2c1N[C@H](C)C(=O)N2. The molecule has 144 valence electrons. The number of nitrogens with two attached hydrogens (primary N) is 1. The van der Waals surface area contributed by atoms with Crippen LogP contribution in [0.3, 0.4) is 0 Å². The predicted octanol–water partition coefficient (Wildman–Crippen LogP) is 3.52. The Labute approximate surface area is 165 Å². The highest BCUT2D eigenvalue weighted by molar-refractivity contribution is 6.10. The van der Waals surface area contributed by atoms with Crippen molar-refractivity contribution >= 4 is 40.4 Å². The molecule has 0 radical (unpaired) electrons. The predicted molar refractivity (Wildman–Crippen MR) is 117 cm³/mol. The Balaban J connectivity index is 1.76. The Bertz CT molecular complexity index is 979. The first kappa shape index (κ1) is 18.1. The van der Waals surface area contributed by atoms with E-state index in [-0.39, 0.29) is 11.9 Å². The van der Waals surface area contributed by atoms with Gasteiger partial charge in [-0.2, -0.15) is 0 Å². The number of anilines is 4. The molecular formula is C22H25N5O. The average Bonchev–Trinajstić information content (AvgIpc) is 2.71. The number of fused-ring (bicyclic) bond motifs is 2. The molecule has 28 heavy (non-hydrogen) atoms. The van der Waals surface area contributed by atoms with E-state index in [0.29, 0.717) is 0 Å². The minimum Gasteiger partial charge on any atom is -0.404 e. The Kier molecular flexibility index (Phi) is 4.77. The van der Waals surface area contributed by atoms with Gasteiger partial charge in [-0.1, -0.05) is 12.1 Å². The molecule has 2 aromatic carbocycles. The van der Waals surface area contributed by atoms with Crippen molar-refractivity contribution in [1.82, 2.24) is 0 Å². The zero-order chi connectivity index (χ0) is 19.7. The number of carbonyl (C=O) groups excluding carboxylic acids is 1. The van der Waals surface area contributed by atoms with Gasteiger partial charge in [0.2, 0.25) is 5.91 Å². The lowest BCUT2D eigenvalue weighted by atomic mass is 9.95. The molecule has 0 bridgehead atoms. The van der Waals surface area contributed by atoms with Gasteiger partial charge in [-0.3, -0.25) is 9.79 Å². The number of amides is 1. The highest BCUT2D eigenvalue weighted by Crippen LogP contribution is 2.42. The second kappa shape index (κ2) is 7.38. The molecule has 0 aliphatic carbocycles. The van der Waals surface area contributed by atoms with Crippen LogP contribution in [0.1, 0.15) is 24.5 Å². The summed E-state index contributed by atoms with van der Waals surface area (Å²) in [4.78, 5) is 18.4. The smallest absolute Gasteiger partial charge is 0.246 e. The summed E-state index contributed by atoms with van der Waals surface area (Å²) in [5.41, 5.74) is 13.1. The first-order valence-corrected chi connectivity index (χ1v) is 9.57. The van der Waals surface area contributed by atoms with Crippen LogP contribution in [0.2, 0.25) is 0 Å². The van der Waals surface area contributed by atoms with Crippen LogP contribution in [0.5, 0.6) is 0 Å². The summed E-state index contributed by atoms with van der Waals surface area (Å²) >= 11 is 0. The normalized spacial score (nSPS) is 19.1. The minimum absolute atomic E-state index is 0.00738. The molecule has 0 saturated carbocycles. The van der Waals surface area contributed by atoms with Crippen molar-refractivity contribution < 1.29 is 4.79 Å². The third kappa shape index (κ3) is 3.11. The van der Waals surface area contributed by atoms with Crippen molar-refractivity contribution in [3.63, 3.8) is 0 Å². The van der Waals surface area contributed by atoms with Crippen LogP contribution in [0.25, 0.3) is 5.57 Å². The first-order chi connectivity index (χ1) is 13.6. The zero-order valence-electron chi connectivity index (χ0n) is 16.2. The number of hydrogen-bond acceptors (Lipinski definition) is 5. The van der Waals surface area contributed by atoms with E-state index >= 15 is 0 Å². The van der Waals surface area contributed by atoms with Crippen LogP contribution in [0, 0.1) is 0 Å². The van der Waals surface area contributed by atoms with Gasteiger partial charge >= 0.3 is 0 Å². The molecule has 6 nitrogen and oxygen atoms in total. The number of rotatable bonds is 3. The maximum absolute atomic E-state index is 12.0. The van der Waals surface area contributed by atoms with E-state index in [4.69, 9.17) is 5.73 Å². The second-order valence-corrected chi connectivity index (χ2v) is 7.16. The quantitative estimate of drug-likeness (QED) is 0.717. The molecular weight excluding hydrogens is 350 g/mol. The molecule has 2 aliphatic heterocycles.